The molecular formula is C28H29ClO4. The molecule has 0 saturated carbocycles. The average molecular weight is 465 g/mol. The van der Waals surface area contributed by atoms with Crippen molar-refractivity contribution in [1.29, 1.82) is 0 Å². The fourth-order valence-electron chi connectivity index (χ4n) is 3.33. The molecule has 0 radical (unpaired) electrons. The Hall–Kier alpha value is -3.11. The number of hydrogen-bond donors (Lipinski definition) is 0. The molecule has 0 atom stereocenters. The molecule has 0 N–H and O–H groups in total. The van der Waals surface area contributed by atoms with Crippen LogP contribution in [0.2, 0.25) is 5.02 Å². The molecule has 0 aliphatic rings. The fourth-order valence-corrected chi connectivity index (χ4v) is 3.54. The van der Waals surface area contributed by atoms with Crippen LogP contribution in [-0.2, 0) is 12.8 Å². The molecule has 0 spiro atoms. The molecule has 0 fully saturated rings. The summed E-state index contributed by atoms with van der Waals surface area (Å²) < 4.78 is 10.9. The lowest BCUT2D eigenvalue weighted by Crippen LogP contribution is -2.10. The maximum atomic E-state index is 12.5. The van der Waals surface area contributed by atoms with E-state index >= 15 is 0 Å². The summed E-state index contributed by atoms with van der Waals surface area (Å²) in [5, 5.41) is 0.183. The Balaban J connectivity index is 1.60. The zero-order valence-electron chi connectivity index (χ0n) is 19.1. The van der Waals surface area contributed by atoms with Gasteiger partial charge in [0.25, 0.3) is 0 Å². The second-order valence-corrected chi connectivity index (χ2v) is 8.38. The predicted molar refractivity (Wildman–Crippen MR) is 131 cm³/mol. The monoisotopic (exact) mass is 464 g/mol. The Kier molecular flexibility index (Phi) is 9.08. The molecule has 3 aromatic carbocycles. The maximum Gasteiger partial charge on any atom is 0.343 e. The van der Waals surface area contributed by atoms with Crippen LogP contribution in [-0.4, -0.2) is 11.9 Å². The number of esters is 2. The number of carbonyl (C=O) groups excluding carboxylic acids is 2. The minimum absolute atomic E-state index is 0.183. The third-order valence-electron chi connectivity index (χ3n) is 5.33. The summed E-state index contributed by atoms with van der Waals surface area (Å²) in [6, 6.07) is 19.3. The summed E-state index contributed by atoms with van der Waals surface area (Å²) in [7, 11) is 0. The molecule has 172 valence electrons. The van der Waals surface area contributed by atoms with Gasteiger partial charge in [-0.3, -0.25) is 0 Å². The molecule has 4 nitrogen and oxygen atoms in total. The molecule has 3 rings (SSSR count). The first-order chi connectivity index (χ1) is 16.0. The molecule has 0 bridgehead atoms. The van der Waals surface area contributed by atoms with Crippen LogP contribution in [0.5, 0.6) is 11.5 Å². The van der Waals surface area contributed by atoms with Gasteiger partial charge in [0.2, 0.25) is 0 Å². The highest BCUT2D eigenvalue weighted by Gasteiger charge is 2.14. The van der Waals surface area contributed by atoms with Gasteiger partial charge in [0.1, 0.15) is 11.5 Å². The van der Waals surface area contributed by atoms with Gasteiger partial charge in [0, 0.05) is 6.07 Å². The van der Waals surface area contributed by atoms with E-state index in [0.29, 0.717) is 11.1 Å². The first-order valence-electron chi connectivity index (χ1n) is 11.4. The molecule has 5 heteroatoms. The number of carbonyl (C=O) groups is 2. The van der Waals surface area contributed by atoms with Gasteiger partial charge in [0.05, 0.1) is 16.1 Å². The van der Waals surface area contributed by atoms with Crippen LogP contribution in [0.3, 0.4) is 0 Å². The van der Waals surface area contributed by atoms with E-state index < -0.39 is 11.9 Å². The van der Waals surface area contributed by atoms with Crippen molar-refractivity contribution in [1.82, 2.24) is 0 Å². The number of ether oxygens (including phenoxy) is 2. The third-order valence-corrected chi connectivity index (χ3v) is 5.63. The molecule has 0 heterocycles. The molecule has 0 unspecified atom stereocenters. The summed E-state index contributed by atoms with van der Waals surface area (Å²) in [5.41, 5.74) is 3.29. The van der Waals surface area contributed by atoms with Crippen molar-refractivity contribution >= 4 is 23.5 Å². The summed E-state index contributed by atoms with van der Waals surface area (Å²) in [6.45, 7) is 4.29. The van der Waals surface area contributed by atoms with Crippen LogP contribution in [0.1, 0.15) is 71.4 Å². The van der Waals surface area contributed by atoms with Gasteiger partial charge in [0.15, 0.2) is 0 Å². The highest BCUT2D eigenvalue weighted by molar-refractivity contribution is 6.32. The van der Waals surface area contributed by atoms with Crippen molar-refractivity contribution in [2.24, 2.45) is 0 Å². The van der Waals surface area contributed by atoms with Gasteiger partial charge in [-0.1, -0.05) is 62.6 Å². The van der Waals surface area contributed by atoms with Gasteiger partial charge in [-0.05, 0) is 73.2 Å². The number of unbranched alkanes of at least 4 members (excludes halogenated alkanes) is 2. The smallest absolute Gasteiger partial charge is 0.343 e. The third kappa shape index (κ3) is 7.19. The zero-order valence-corrected chi connectivity index (χ0v) is 19.9. The largest absolute Gasteiger partial charge is 0.423 e. The number of hydrogen-bond acceptors (Lipinski definition) is 4. The molecule has 0 aliphatic carbocycles. The molecular weight excluding hydrogens is 436 g/mol. The first kappa shape index (κ1) is 24.5. The fraction of sp³-hybridized carbons (Fsp3) is 0.286. The minimum atomic E-state index is -0.494. The highest BCUT2D eigenvalue weighted by Crippen LogP contribution is 2.30. The summed E-state index contributed by atoms with van der Waals surface area (Å²) in [5.74, 6) is -0.482. The van der Waals surface area contributed by atoms with Crippen molar-refractivity contribution < 1.29 is 19.1 Å². The number of rotatable bonds is 10. The second kappa shape index (κ2) is 12.2. The molecule has 33 heavy (non-hydrogen) atoms. The maximum absolute atomic E-state index is 12.5. The quantitative estimate of drug-likeness (QED) is 0.231. The minimum Gasteiger partial charge on any atom is -0.423 e. The van der Waals surface area contributed by atoms with Crippen molar-refractivity contribution in [3.05, 3.63) is 94.0 Å². The SMILES string of the molecule is CCCCc1ccc(C(=O)Oc2ccc(OC(=O)c3ccc(CCCC)cc3)c(Cl)c2)cc1. The summed E-state index contributed by atoms with van der Waals surface area (Å²) in [4.78, 5) is 24.9. The normalized spacial score (nSPS) is 10.6. The zero-order chi connectivity index (χ0) is 23.6. The topological polar surface area (TPSA) is 52.6 Å². The van der Waals surface area contributed by atoms with Gasteiger partial charge < -0.3 is 9.47 Å². The lowest BCUT2D eigenvalue weighted by molar-refractivity contribution is 0.0719. The molecule has 0 aliphatic heterocycles. The number of benzene rings is 3. The van der Waals surface area contributed by atoms with Crippen molar-refractivity contribution in [2.45, 2.75) is 52.4 Å². The Morgan fingerprint density at radius 3 is 1.64 bits per heavy atom. The molecule has 0 amide bonds. The molecule has 3 aromatic rings. The Morgan fingerprint density at radius 1 is 0.697 bits per heavy atom. The summed E-state index contributed by atoms with van der Waals surface area (Å²) >= 11 is 6.27. The van der Waals surface area contributed by atoms with E-state index in [1.54, 1.807) is 30.3 Å². The standard InChI is InChI=1S/C28H29ClO4/c1-3-5-7-20-9-13-22(14-10-20)27(30)32-24-17-18-26(25(29)19-24)33-28(31)23-15-11-21(12-16-23)8-6-4-2/h9-19H,3-8H2,1-2H3. The van der Waals surface area contributed by atoms with E-state index in [1.807, 2.05) is 24.3 Å². The van der Waals surface area contributed by atoms with E-state index in [1.165, 1.54) is 23.3 Å². The lowest BCUT2D eigenvalue weighted by atomic mass is 10.1. The van der Waals surface area contributed by atoms with Gasteiger partial charge in [-0.2, -0.15) is 0 Å². The van der Waals surface area contributed by atoms with Crippen LogP contribution in [0.15, 0.2) is 66.7 Å². The Bertz CT molecular complexity index is 1070. The Labute approximate surface area is 200 Å². The van der Waals surface area contributed by atoms with Crippen LogP contribution in [0.4, 0.5) is 0 Å². The predicted octanol–water partition coefficient (Wildman–Crippen LogP) is 7.46. The van der Waals surface area contributed by atoms with E-state index in [-0.39, 0.29) is 16.5 Å². The lowest BCUT2D eigenvalue weighted by Gasteiger charge is -2.09. The molecule has 0 aromatic heterocycles. The summed E-state index contributed by atoms with van der Waals surface area (Å²) in [6.07, 6.45) is 6.45. The number of aryl methyl sites for hydroxylation is 2. The van der Waals surface area contributed by atoms with Gasteiger partial charge >= 0.3 is 11.9 Å². The van der Waals surface area contributed by atoms with Crippen LogP contribution in [0.25, 0.3) is 0 Å². The van der Waals surface area contributed by atoms with Crippen molar-refractivity contribution in [2.75, 3.05) is 0 Å². The van der Waals surface area contributed by atoms with E-state index in [4.69, 9.17) is 21.1 Å². The van der Waals surface area contributed by atoms with Crippen LogP contribution < -0.4 is 9.47 Å². The van der Waals surface area contributed by atoms with E-state index in [9.17, 15) is 9.59 Å². The average Bonchev–Trinajstić information content (AvgIpc) is 2.83. The van der Waals surface area contributed by atoms with Crippen molar-refractivity contribution in [3.8, 4) is 11.5 Å². The first-order valence-corrected chi connectivity index (χ1v) is 11.8. The number of halogens is 1. The van der Waals surface area contributed by atoms with E-state index in [0.717, 1.165) is 38.5 Å². The highest BCUT2D eigenvalue weighted by atomic mass is 35.5. The Morgan fingerprint density at radius 2 is 1.18 bits per heavy atom. The van der Waals surface area contributed by atoms with Crippen LogP contribution >= 0.6 is 11.6 Å². The molecule has 0 saturated heterocycles. The van der Waals surface area contributed by atoms with Gasteiger partial charge in [-0.25, -0.2) is 9.59 Å². The van der Waals surface area contributed by atoms with Crippen LogP contribution in [0, 0.1) is 0 Å². The second-order valence-electron chi connectivity index (χ2n) is 7.97. The van der Waals surface area contributed by atoms with Gasteiger partial charge in [-0.15, -0.1) is 0 Å². The van der Waals surface area contributed by atoms with E-state index in [2.05, 4.69) is 13.8 Å². The van der Waals surface area contributed by atoms with Crippen molar-refractivity contribution in [3.63, 3.8) is 0 Å².